The molecule has 0 N–H and O–H groups in total. The highest BCUT2D eigenvalue weighted by Crippen LogP contribution is 2.32. The molecule has 6 nitrogen and oxygen atoms in total. The zero-order valence-electron chi connectivity index (χ0n) is 14.5. The van der Waals surface area contributed by atoms with Crippen LogP contribution >= 0.6 is 24.0 Å². The number of carbonyl (C=O) groups excluding carboxylic acids is 2. The van der Waals surface area contributed by atoms with E-state index in [2.05, 4.69) is 0 Å². The van der Waals surface area contributed by atoms with Gasteiger partial charge in [0.15, 0.2) is 0 Å². The standard InChI is InChI=1S/C18H19N3O3S2/c1-11-9-20(10-12(2)24-11)18(25)26-15-7-16(22)21(17(15)23)14-5-3-13(8-19)4-6-14/h3-6,11-12,15H,7,9-10H2,1-2H3/t11-,12+,15-/m0/s1. The van der Waals surface area contributed by atoms with Gasteiger partial charge in [0.1, 0.15) is 9.57 Å². The van der Waals surface area contributed by atoms with E-state index in [1.54, 1.807) is 24.3 Å². The first-order chi connectivity index (χ1) is 12.4. The van der Waals surface area contributed by atoms with Crippen LogP contribution in [0.15, 0.2) is 24.3 Å². The third-order valence-electron chi connectivity index (χ3n) is 4.28. The molecule has 0 bridgehead atoms. The molecule has 3 atom stereocenters. The lowest BCUT2D eigenvalue weighted by molar-refractivity contribution is -0.121. The highest BCUT2D eigenvalue weighted by molar-refractivity contribution is 8.23. The molecule has 1 aromatic rings. The molecule has 2 heterocycles. The van der Waals surface area contributed by atoms with Gasteiger partial charge >= 0.3 is 0 Å². The van der Waals surface area contributed by atoms with Gasteiger partial charge in [-0.2, -0.15) is 5.26 Å². The number of rotatable bonds is 2. The maximum atomic E-state index is 12.7. The van der Waals surface area contributed by atoms with E-state index in [1.165, 1.54) is 16.7 Å². The summed E-state index contributed by atoms with van der Waals surface area (Å²) in [7, 11) is 0. The summed E-state index contributed by atoms with van der Waals surface area (Å²) >= 11 is 6.78. The van der Waals surface area contributed by atoms with Gasteiger partial charge in [-0.15, -0.1) is 0 Å². The summed E-state index contributed by atoms with van der Waals surface area (Å²) in [6, 6.07) is 8.44. The monoisotopic (exact) mass is 389 g/mol. The smallest absolute Gasteiger partial charge is 0.247 e. The molecule has 2 aliphatic heterocycles. The van der Waals surface area contributed by atoms with Gasteiger partial charge < -0.3 is 9.64 Å². The Hall–Kier alpha value is -1.95. The summed E-state index contributed by atoms with van der Waals surface area (Å²) in [5.74, 6) is -0.509. The molecule has 0 unspecified atom stereocenters. The van der Waals surface area contributed by atoms with E-state index >= 15 is 0 Å². The summed E-state index contributed by atoms with van der Waals surface area (Å²) in [6.07, 6.45) is 0.278. The van der Waals surface area contributed by atoms with E-state index in [-0.39, 0.29) is 30.4 Å². The van der Waals surface area contributed by atoms with Crippen LogP contribution in [-0.4, -0.2) is 51.6 Å². The van der Waals surface area contributed by atoms with Crippen molar-refractivity contribution in [3.63, 3.8) is 0 Å². The molecule has 1 aromatic carbocycles. The second-order valence-electron chi connectivity index (χ2n) is 6.46. The van der Waals surface area contributed by atoms with Crippen molar-refractivity contribution in [2.75, 3.05) is 18.0 Å². The molecule has 0 aliphatic carbocycles. The number of ether oxygens (including phenoxy) is 1. The molecule has 8 heteroatoms. The van der Waals surface area contributed by atoms with Gasteiger partial charge in [-0.25, -0.2) is 4.90 Å². The van der Waals surface area contributed by atoms with E-state index in [4.69, 9.17) is 22.2 Å². The van der Waals surface area contributed by atoms with Crippen LogP contribution in [0.2, 0.25) is 0 Å². The van der Waals surface area contributed by atoms with Crippen LogP contribution in [0.25, 0.3) is 0 Å². The Morgan fingerprint density at radius 2 is 1.85 bits per heavy atom. The van der Waals surface area contributed by atoms with Crippen LogP contribution in [0, 0.1) is 11.3 Å². The molecule has 2 aliphatic rings. The van der Waals surface area contributed by atoms with Crippen LogP contribution in [-0.2, 0) is 14.3 Å². The van der Waals surface area contributed by atoms with Crippen molar-refractivity contribution in [3.8, 4) is 6.07 Å². The predicted molar refractivity (Wildman–Crippen MR) is 104 cm³/mol. The minimum atomic E-state index is -0.515. The van der Waals surface area contributed by atoms with Crippen LogP contribution in [0.3, 0.4) is 0 Å². The van der Waals surface area contributed by atoms with Gasteiger partial charge in [-0.1, -0.05) is 24.0 Å². The molecule has 0 radical (unpaired) electrons. The molecule has 3 rings (SSSR count). The van der Waals surface area contributed by atoms with Crippen LogP contribution < -0.4 is 4.90 Å². The molecular formula is C18H19N3O3S2. The van der Waals surface area contributed by atoms with Crippen LogP contribution in [0.1, 0.15) is 25.8 Å². The summed E-state index contributed by atoms with van der Waals surface area (Å²) in [5.41, 5.74) is 0.970. The number of benzene rings is 1. The second kappa shape index (κ2) is 7.74. The molecule has 2 saturated heterocycles. The topological polar surface area (TPSA) is 73.6 Å². The molecule has 2 amide bonds. The number of hydrogen-bond acceptors (Lipinski definition) is 6. The number of anilines is 1. The third kappa shape index (κ3) is 3.90. The van der Waals surface area contributed by atoms with Gasteiger partial charge in [0, 0.05) is 19.5 Å². The Morgan fingerprint density at radius 1 is 1.23 bits per heavy atom. The lowest BCUT2D eigenvalue weighted by Gasteiger charge is -2.36. The largest absolute Gasteiger partial charge is 0.372 e. The average Bonchev–Trinajstić information content (AvgIpc) is 2.88. The first kappa shape index (κ1) is 18.8. The number of hydrogen-bond donors (Lipinski definition) is 0. The van der Waals surface area contributed by atoms with Crippen molar-refractivity contribution in [1.29, 1.82) is 5.26 Å². The van der Waals surface area contributed by atoms with Crippen molar-refractivity contribution >= 4 is 45.8 Å². The molecule has 0 saturated carbocycles. The minimum Gasteiger partial charge on any atom is -0.372 e. The quantitative estimate of drug-likeness (QED) is 0.568. The van der Waals surface area contributed by atoms with Gasteiger partial charge in [0.25, 0.3) is 0 Å². The molecular weight excluding hydrogens is 370 g/mol. The highest BCUT2D eigenvalue weighted by Gasteiger charge is 2.41. The fourth-order valence-electron chi connectivity index (χ4n) is 3.18. The predicted octanol–water partition coefficient (Wildman–Crippen LogP) is 2.32. The van der Waals surface area contributed by atoms with Gasteiger partial charge in [0.2, 0.25) is 11.8 Å². The fourth-order valence-corrected chi connectivity index (χ4v) is 4.65. The first-order valence-electron chi connectivity index (χ1n) is 8.37. The number of imide groups is 1. The lowest BCUT2D eigenvalue weighted by Crippen LogP contribution is -2.47. The van der Waals surface area contributed by atoms with Gasteiger partial charge in [-0.05, 0) is 38.1 Å². The number of carbonyl (C=O) groups is 2. The lowest BCUT2D eigenvalue weighted by atomic mass is 10.2. The van der Waals surface area contributed by atoms with E-state index in [1.807, 2.05) is 24.8 Å². The normalized spacial score (nSPS) is 26.1. The van der Waals surface area contributed by atoms with Crippen molar-refractivity contribution in [1.82, 2.24) is 4.90 Å². The van der Waals surface area contributed by atoms with Crippen molar-refractivity contribution < 1.29 is 14.3 Å². The van der Waals surface area contributed by atoms with Crippen LogP contribution in [0.4, 0.5) is 5.69 Å². The molecule has 26 heavy (non-hydrogen) atoms. The zero-order chi connectivity index (χ0) is 18.8. The number of nitriles is 1. The van der Waals surface area contributed by atoms with E-state index in [9.17, 15) is 9.59 Å². The van der Waals surface area contributed by atoms with Gasteiger partial charge in [0.05, 0.1) is 29.5 Å². The number of amides is 2. The average molecular weight is 390 g/mol. The summed E-state index contributed by atoms with van der Waals surface area (Å²) in [5, 5.41) is 8.36. The van der Waals surface area contributed by atoms with E-state index < -0.39 is 5.25 Å². The minimum absolute atomic E-state index is 0.0772. The Morgan fingerprint density at radius 3 is 2.42 bits per heavy atom. The summed E-state index contributed by atoms with van der Waals surface area (Å²) < 4.78 is 6.33. The molecule has 0 spiro atoms. The van der Waals surface area contributed by atoms with E-state index in [0.29, 0.717) is 28.7 Å². The molecule has 0 aromatic heterocycles. The number of thiocarbonyl (C=S) groups is 1. The van der Waals surface area contributed by atoms with Crippen molar-refractivity contribution in [3.05, 3.63) is 29.8 Å². The number of morpholine rings is 1. The third-order valence-corrected chi connectivity index (χ3v) is 5.94. The maximum Gasteiger partial charge on any atom is 0.247 e. The van der Waals surface area contributed by atoms with Crippen molar-refractivity contribution in [2.45, 2.75) is 37.7 Å². The maximum absolute atomic E-state index is 12.7. The fraction of sp³-hybridized carbons (Fsp3) is 0.444. The molecule has 136 valence electrons. The SMILES string of the molecule is C[C@@H]1CN(C(=S)S[C@H]2CC(=O)N(c3ccc(C#N)cc3)C2=O)C[C@H](C)O1. The second-order valence-corrected chi connectivity index (χ2v) is 8.30. The highest BCUT2D eigenvalue weighted by atomic mass is 32.2. The molecule has 2 fully saturated rings. The zero-order valence-corrected chi connectivity index (χ0v) is 16.2. The Kier molecular flexibility index (Phi) is 5.61. The Labute approximate surface area is 162 Å². The Balaban J connectivity index is 1.68. The summed E-state index contributed by atoms with van der Waals surface area (Å²) in [4.78, 5) is 28.3. The van der Waals surface area contributed by atoms with Crippen LogP contribution in [0.5, 0.6) is 0 Å². The number of nitrogens with zero attached hydrogens (tertiary/aromatic N) is 3. The summed E-state index contributed by atoms with van der Waals surface area (Å²) in [6.45, 7) is 5.36. The first-order valence-corrected chi connectivity index (χ1v) is 9.66. The van der Waals surface area contributed by atoms with Gasteiger partial charge in [-0.3, -0.25) is 9.59 Å². The van der Waals surface area contributed by atoms with E-state index in [0.717, 1.165) is 0 Å². The number of thioether (sulfide) groups is 1. The van der Waals surface area contributed by atoms with Crippen molar-refractivity contribution in [2.24, 2.45) is 0 Å². The Bertz CT molecular complexity index is 765.